The number of para-hydroxylation sites is 1. The minimum absolute atomic E-state index is 0.122. The first-order valence-electron chi connectivity index (χ1n) is 14.0. The average Bonchev–Trinajstić information content (AvgIpc) is 3.39. The Balaban J connectivity index is 0.000000441. The van der Waals surface area contributed by atoms with E-state index >= 15 is 0 Å². The van der Waals surface area contributed by atoms with Gasteiger partial charge in [0.15, 0.2) is 0 Å². The van der Waals surface area contributed by atoms with Gasteiger partial charge < -0.3 is 15.1 Å². The highest BCUT2D eigenvalue weighted by Gasteiger charge is 2.38. The molecule has 0 atom stereocenters. The Hall–Kier alpha value is -5.22. The van der Waals surface area contributed by atoms with Crippen molar-refractivity contribution in [3.8, 4) is 22.4 Å². The van der Waals surface area contributed by atoms with Crippen molar-refractivity contribution in [3.63, 3.8) is 0 Å². The summed E-state index contributed by atoms with van der Waals surface area (Å²) in [7, 11) is 0. The molecule has 6 aromatic rings. The Labute approximate surface area is 249 Å². The van der Waals surface area contributed by atoms with Crippen molar-refractivity contribution in [1.82, 2.24) is 19.9 Å². The first kappa shape index (κ1) is 28.9. The number of carboxylic acid groups (broad SMARTS) is 1. The molecule has 0 aliphatic carbocycles. The molecule has 4 heterocycles. The topological polar surface area (TPSA) is 102 Å². The van der Waals surface area contributed by atoms with Crippen LogP contribution in [0.15, 0.2) is 102 Å². The van der Waals surface area contributed by atoms with Crippen LogP contribution in [-0.2, 0) is 24.3 Å². The minimum Gasteiger partial charge on any atom is -0.475 e. The van der Waals surface area contributed by atoms with E-state index in [1.165, 1.54) is 27.7 Å². The zero-order chi connectivity index (χ0) is 30.8. The fourth-order valence-electron chi connectivity index (χ4n) is 5.58. The first-order valence-corrected chi connectivity index (χ1v) is 14.0. The van der Waals surface area contributed by atoms with Crippen LogP contribution in [0.25, 0.3) is 44.2 Å². The Kier molecular flexibility index (Phi) is 7.75. The summed E-state index contributed by atoms with van der Waals surface area (Å²) in [6.07, 6.45) is -2.36. The smallest absolute Gasteiger partial charge is 0.475 e. The van der Waals surface area contributed by atoms with Gasteiger partial charge in [0.2, 0.25) is 0 Å². The van der Waals surface area contributed by atoms with Crippen molar-refractivity contribution in [2.24, 2.45) is 0 Å². The van der Waals surface area contributed by atoms with Crippen molar-refractivity contribution in [1.29, 1.82) is 0 Å². The van der Waals surface area contributed by atoms with Crippen LogP contribution in [0.4, 0.5) is 13.2 Å². The van der Waals surface area contributed by atoms with Crippen LogP contribution in [-0.4, -0.2) is 43.6 Å². The Morgan fingerprint density at radius 3 is 2.34 bits per heavy atom. The lowest BCUT2D eigenvalue weighted by Gasteiger charge is -2.27. The van der Waals surface area contributed by atoms with Crippen LogP contribution in [0.2, 0.25) is 0 Å². The SMILES string of the molecule is O=C(O)C(F)(F)F.O=c1[nH]ccc2nc(-c3ccc(CN4CCc5c([nH]c6ccccc56)C4)cc3)c(-c3ccccc3)cc12. The molecule has 7 nitrogen and oxygen atoms in total. The maximum Gasteiger partial charge on any atom is 0.490 e. The molecule has 222 valence electrons. The maximum atomic E-state index is 12.5. The summed E-state index contributed by atoms with van der Waals surface area (Å²) in [5, 5.41) is 9.09. The summed E-state index contributed by atoms with van der Waals surface area (Å²) >= 11 is 0. The number of alkyl halides is 3. The van der Waals surface area contributed by atoms with Gasteiger partial charge in [0.25, 0.3) is 5.56 Å². The minimum atomic E-state index is -5.08. The molecule has 10 heteroatoms. The molecule has 0 saturated carbocycles. The van der Waals surface area contributed by atoms with E-state index in [0.717, 1.165) is 48.4 Å². The lowest BCUT2D eigenvalue weighted by atomic mass is 9.97. The van der Waals surface area contributed by atoms with E-state index in [1.807, 2.05) is 30.3 Å². The predicted molar refractivity (Wildman–Crippen MR) is 163 cm³/mol. The van der Waals surface area contributed by atoms with Gasteiger partial charge in [-0.25, -0.2) is 9.78 Å². The van der Waals surface area contributed by atoms with Gasteiger partial charge in [0, 0.05) is 53.6 Å². The number of hydrogen-bond donors (Lipinski definition) is 3. The summed E-state index contributed by atoms with van der Waals surface area (Å²) < 4.78 is 31.7. The molecule has 3 N–H and O–H groups in total. The van der Waals surface area contributed by atoms with E-state index in [4.69, 9.17) is 14.9 Å². The van der Waals surface area contributed by atoms with E-state index in [2.05, 4.69) is 75.5 Å². The average molecular weight is 597 g/mol. The van der Waals surface area contributed by atoms with Gasteiger partial charge in [0.05, 0.1) is 16.6 Å². The second kappa shape index (κ2) is 11.8. The van der Waals surface area contributed by atoms with Gasteiger partial charge in [-0.05, 0) is 41.3 Å². The molecule has 1 aliphatic rings. The summed E-state index contributed by atoms with van der Waals surface area (Å²) in [6, 6.07) is 31.3. The number of carbonyl (C=O) groups is 1. The fraction of sp³-hybridized carbons (Fsp3) is 0.147. The van der Waals surface area contributed by atoms with Gasteiger partial charge in [0.1, 0.15) is 0 Å². The van der Waals surface area contributed by atoms with Gasteiger partial charge in [-0.15, -0.1) is 0 Å². The molecular formula is C34H27F3N4O3. The number of pyridine rings is 2. The Morgan fingerprint density at radius 2 is 1.61 bits per heavy atom. The molecule has 7 rings (SSSR count). The van der Waals surface area contributed by atoms with E-state index in [9.17, 15) is 18.0 Å². The standard InChI is InChI=1S/C32H26N4O.C2HF3O2/c37-32-27-18-26(22-6-2-1-3-7-22)31(35-29(27)14-16-33-32)23-12-10-21(11-13-23)19-36-17-15-25-24-8-4-5-9-28(24)34-30(25)20-36;3-2(4,5)1(6)7/h1-14,16,18,34H,15,17,19-20H2,(H,33,37);(H,6,7). The highest BCUT2D eigenvalue weighted by atomic mass is 19.4. The van der Waals surface area contributed by atoms with Crippen molar-refractivity contribution < 1.29 is 23.1 Å². The highest BCUT2D eigenvalue weighted by molar-refractivity contribution is 5.91. The third kappa shape index (κ3) is 5.97. The largest absolute Gasteiger partial charge is 0.490 e. The van der Waals surface area contributed by atoms with Gasteiger partial charge >= 0.3 is 12.1 Å². The number of nitrogens with zero attached hydrogens (tertiary/aromatic N) is 2. The molecule has 0 unspecified atom stereocenters. The number of hydrogen-bond acceptors (Lipinski definition) is 4. The number of carboxylic acids is 1. The van der Waals surface area contributed by atoms with Crippen LogP contribution in [0.3, 0.4) is 0 Å². The van der Waals surface area contributed by atoms with Crippen LogP contribution < -0.4 is 5.56 Å². The second-order valence-corrected chi connectivity index (χ2v) is 10.6. The van der Waals surface area contributed by atoms with Crippen molar-refractivity contribution in [2.75, 3.05) is 6.54 Å². The zero-order valence-electron chi connectivity index (χ0n) is 23.4. The molecule has 0 fully saturated rings. The molecule has 0 saturated heterocycles. The van der Waals surface area contributed by atoms with Crippen molar-refractivity contribution in [2.45, 2.75) is 25.7 Å². The van der Waals surface area contributed by atoms with E-state index < -0.39 is 12.1 Å². The highest BCUT2D eigenvalue weighted by Crippen LogP contribution is 2.33. The third-order valence-corrected chi connectivity index (χ3v) is 7.67. The normalized spacial score (nSPS) is 13.3. The molecule has 3 aromatic carbocycles. The van der Waals surface area contributed by atoms with Gasteiger partial charge in [-0.1, -0.05) is 72.8 Å². The molecule has 0 spiro atoms. The summed E-state index contributed by atoms with van der Waals surface area (Å²) in [5.74, 6) is -2.76. The lowest BCUT2D eigenvalue weighted by molar-refractivity contribution is -0.192. The molecule has 0 bridgehead atoms. The zero-order valence-corrected chi connectivity index (χ0v) is 23.4. The van der Waals surface area contributed by atoms with Crippen LogP contribution in [0.5, 0.6) is 0 Å². The monoisotopic (exact) mass is 596 g/mol. The van der Waals surface area contributed by atoms with Crippen molar-refractivity contribution in [3.05, 3.63) is 124 Å². The van der Waals surface area contributed by atoms with E-state index in [1.54, 1.807) is 6.20 Å². The maximum absolute atomic E-state index is 12.5. The number of fused-ring (bicyclic) bond motifs is 4. The summed E-state index contributed by atoms with van der Waals surface area (Å²) in [6.45, 7) is 2.89. The van der Waals surface area contributed by atoms with Crippen LogP contribution >= 0.6 is 0 Å². The fourth-order valence-corrected chi connectivity index (χ4v) is 5.58. The number of halogens is 3. The molecule has 3 aromatic heterocycles. The molecule has 44 heavy (non-hydrogen) atoms. The van der Waals surface area contributed by atoms with Gasteiger partial charge in [-0.3, -0.25) is 9.69 Å². The van der Waals surface area contributed by atoms with E-state index in [0.29, 0.717) is 10.9 Å². The number of nitrogens with one attached hydrogen (secondary N) is 2. The molecule has 0 amide bonds. The predicted octanol–water partition coefficient (Wildman–Crippen LogP) is 6.93. The number of benzene rings is 3. The number of aliphatic carboxylic acids is 1. The second-order valence-electron chi connectivity index (χ2n) is 10.6. The number of rotatable bonds is 4. The molecule has 0 radical (unpaired) electrons. The summed E-state index contributed by atoms with van der Waals surface area (Å²) in [4.78, 5) is 35.2. The number of aromatic nitrogens is 3. The Morgan fingerprint density at radius 1 is 0.909 bits per heavy atom. The Bertz CT molecular complexity index is 2020. The summed E-state index contributed by atoms with van der Waals surface area (Å²) in [5.41, 5.74) is 9.83. The number of H-pyrrole nitrogens is 2. The number of aromatic amines is 2. The quantitative estimate of drug-likeness (QED) is 0.205. The third-order valence-electron chi connectivity index (χ3n) is 7.67. The lowest BCUT2D eigenvalue weighted by Crippen LogP contribution is -2.29. The van der Waals surface area contributed by atoms with Crippen molar-refractivity contribution >= 4 is 27.8 Å². The first-order chi connectivity index (χ1) is 21.2. The van der Waals surface area contributed by atoms with Crippen LogP contribution in [0, 0.1) is 0 Å². The molecular weight excluding hydrogens is 569 g/mol. The molecule has 1 aliphatic heterocycles. The van der Waals surface area contributed by atoms with Gasteiger partial charge in [-0.2, -0.15) is 13.2 Å². The van der Waals surface area contributed by atoms with E-state index in [-0.39, 0.29) is 5.56 Å². The van der Waals surface area contributed by atoms with Crippen LogP contribution in [0.1, 0.15) is 16.8 Å².